The van der Waals surface area contributed by atoms with Crippen LogP contribution in [0, 0.1) is 0 Å². The van der Waals surface area contributed by atoms with Crippen molar-refractivity contribution in [3.05, 3.63) is 71.8 Å². The van der Waals surface area contributed by atoms with Crippen molar-refractivity contribution >= 4 is 28.6 Å². The third-order valence-electron chi connectivity index (χ3n) is 3.65. The molecule has 0 unspecified atom stereocenters. The number of carbonyl (C=O) groups excluding carboxylic acids is 1. The van der Waals surface area contributed by atoms with E-state index in [0.717, 1.165) is 22.0 Å². The first-order chi connectivity index (χ1) is 11.7. The number of rotatable bonds is 9. The van der Waals surface area contributed by atoms with Gasteiger partial charge in [-0.25, -0.2) is 0 Å². The van der Waals surface area contributed by atoms with Gasteiger partial charge in [0.2, 0.25) is 0 Å². The Labute approximate surface area is 157 Å². The van der Waals surface area contributed by atoms with Gasteiger partial charge in [-0.3, -0.25) is 4.79 Å². The number of carbonyl (C=O) groups is 1. The van der Waals surface area contributed by atoms with E-state index in [0.29, 0.717) is 6.61 Å². The highest BCUT2D eigenvalue weighted by atomic mass is 127. The van der Waals surface area contributed by atoms with E-state index in [-0.39, 0.29) is 24.6 Å². The summed E-state index contributed by atoms with van der Waals surface area (Å²) in [5, 5.41) is 0. The molecule has 2 aromatic carbocycles. The van der Waals surface area contributed by atoms with E-state index in [2.05, 4.69) is 22.6 Å². The van der Waals surface area contributed by atoms with Gasteiger partial charge in [-0.15, -0.1) is 0 Å². The van der Waals surface area contributed by atoms with Crippen LogP contribution >= 0.6 is 22.6 Å². The number of esters is 1. The Morgan fingerprint density at radius 3 is 2.29 bits per heavy atom. The molecule has 0 heterocycles. The smallest absolute Gasteiger partial charge is 0.309 e. The molecule has 4 heteroatoms. The van der Waals surface area contributed by atoms with Gasteiger partial charge in [0.1, 0.15) is 6.10 Å². The van der Waals surface area contributed by atoms with Gasteiger partial charge in [-0.2, -0.15) is 0 Å². The molecule has 0 aliphatic heterocycles. The van der Waals surface area contributed by atoms with Gasteiger partial charge in [0.15, 0.2) is 0 Å². The maximum absolute atomic E-state index is 12.2. The van der Waals surface area contributed by atoms with Crippen LogP contribution in [0.2, 0.25) is 0 Å². The fourth-order valence-corrected chi connectivity index (χ4v) is 2.94. The Kier molecular flexibility index (Phi) is 8.25. The predicted molar refractivity (Wildman–Crippen MR) is 104 cm³/mol. The van der Waals surface area contributed by atoms with E-state index in [4.69, 9.17) is 9.47 Å². The summed E-state index contributed by atoms with van der Waals surface area (Å²) in [5.74, 6) is -0.214. The molecular weight excluding hydrogens is 415 g/mol. The van der Waals surface area contributed by atoms with Crippen molar-refractivity contribution in [2.45, 2.75) is 38.6 Å². The van der Waals surface area contributed by atoms with Crippen molar-refractivity contribution in [1.82, 2.24) is 0 Å². The first kappa shape index (κ1) is 18.9. The van der Waals surface area contributed by atoms with Crippen molar-refractivity contribution < 1.29 is 14.3 Å². The Hall–Kier alpha value is -1.40. The second-order valence-corrected chi connectivity index (χ2v) is 6.76. The molecule has 0 spiro atoms. The van der Waals surface area contributed by atoms with Crippen molar-refractivity contribution in [2.24, 2.45) is 0 Å². The third kappa shape index (κ3) is 6.61. The first-order valence-corrected chi connectivity index (χ1v) is 9.67. The summed E-state index contributed by atoms with van der Waals surface area (Å²) in [5.41, 5.74) is 2.14. The van der Waals surface area contributed by atoms with E-state index >= 15 is 0 Å². The molecule has 0 aromatic heterocycles. The van der Waals surface area contributed by atoms with Crippen LogP contribution in [0.25, 0.3) is 0 Å². The molecule has 3 nitrogen and oxygen atoms in total. The van der Waals surface area contributed by atoms with Gasteiger partial charge in [-0.1, -0.05) is 83.3 Å². The lowest BCUT2D eigenvalue weighted by Crippen LogP contribution is -2.19. The lowest BCUT2D eigenvalue weighted by atomic mass is 10.1. The number of benzene rings is 2. The van der Waals surface area contributed by atoms with Crippen LogP contribution in [0.3, 0.4) is 0 Å². The van der Waals surface area contributed by atoms with Crippen LogP contribution in [-0.4, -0.2) is 16.5 Å². The largest absolute Gasteiger partial charge is 0.457 e. The summed E-state index contributed by atoms with van der Waals surface area (Å²) in [6, 6.07) is 19.8. The van der Waals surface area contributed by atoms with Crippen LogP contribution in [0.15, 0.2) is 60.7 Å². The maximum Gasteiger partial charge on any atom is 0.309 e. The minimum Gasteiger partial charge on any atom is -0.457 e. The maximum atomic E-state index is 12.2. The number of hydrogen-bond acceptors (Lipinski definition) is 3. The summed E-state index contributed by atoms with van der Waals surface area (Å²) in [6.07, 6.45) is 0.720. The fourth-order valence-electron chi connectivity index (χ4n) is 2.37. The average Bonchev–Trinajstić information content (AvgIpc) is 2.61. The second kappa shape index (κ2) is 10.5. The number of alkyl halides is 1. The molecule has 128 valence electrons. The molecule has 0 saturated carbocycles. The summed E-state index contributed by atoms with van der Waals surface area (Å²) in [6.45, 7) is 2.41. The van der Waals surface area contributed by atoms with Gasteiger partial charge in [0, 0.05) is 4.43 Å². The van der Waals surface area contributed by atoms with Gasteiger partial charge in [0.05, 0.1) is 19.1 Å². The Morgan fingerprint density at radius 1 is 1.04 bits per heavy atom. The van der Waals surface area contributed by atoms with Gasteiger partial charge < -0.3 is 9.47 Å². The lowest BCUT2D eigenvalue weighted by Gasteiger charge is -2.19. The molecule has 2 rings (SSSR count). The quantitative estimate of drug-likeness (QED) is 0.311. The summed E-state index contributed by atoms with van der Waals surface area (Å²) < 4.78 is 12.4. The third-order valence-corrected chi connectivity index (χ3v) is 4.27. The predicted octanol–water partition coefficient (Wildman–Crippen LogP) is 5.09. The zero-order valence-electron chi connectivity index (χ0n) is 13.9. The second-order valence-electron chi connectivity index (χ2n) is 5.68. The van der Waals surface area contributed by atoms with Crippen LogP contribution in [0.1, 0.15) is 37.0 Å². The molecule has 0 N–H and O–H groups in total. The molecule has 2 atom stereocenters. The van der Waals surface area contributed by atoms with Crippen molar-refractivity contribution in [3.8, 4) is 0 Å². The molecule has 0 aliphatic carbocycles. The van der Waals surface area contributed by atoms with Crippen LogP contribution < -0.4 is 0 Å². The van der Waals surface area contributed by atoms with E-state index in [1.165, 1.54) is 0 Å². The van der Waals surface area contributed by atoms with E-state index in [9.17, 15) is 4.79 Å². The highest BCUT2D eigenvalue weighted by Gasteiger charge is 2.18. The zero-order chi connectivity index (χ0) is 17.2. The van der Waals surface area contributed by atoms with Crippen molar-refractivity contribution in [1.29, 1.82) is 0 Å². The van der Waals surface area contributed by atoms with Gasteiger partial charge >= 0.3 is 5.97 Å². The highest BCUT2D eigenvalue weighted by Crippen LogP contribution is 2.23. The number of hydrogen-bond donors (Lipinski definition) is 0. The Balaban J connectivity index is 1.82. The average molecular weight is 438 g/mol. The molecule has 0 radical (unpaired) electrons. The summed E-state index contributed by atoms with van der Waals surface area (Å²) >= 11 is 2.31. The molecule has 0 saturated heterocycles. The van der Waals surface area contributed by atoms with E-state index < -0.39 is 0 Å². The molecule has 0 aliphatic rings. The highest BCUT2D eigenvalue weighted by molar-refractivity contribution is 14.1. The topological polar surface area (TPSA) is 35.5 Å². The molecule has 24 heavy (non-hydrogen) atoms. The molecule has 2 aromatic rings. The normalized spacial score (nSPS) is 13.2. The minimum absolute atomic E-state index is 0.172. The standard InChI is InChI=1S/C20H23IO3/c1-16(23-15-17-8-4-2-5-9-17)14-20(22)24-19(12-13-21)18-10-6-3-7-11-18/h2-11,16,19H,12-15H2,1H3/t16-,19-/m1/s1. The number of ether oxygens (including phenoxy) is 2. The first-order valence-electron chi connectivity index (χ1n) is 8.15. The van der Waals surface area contributed by atoms with Gasteiger partial charge in [-0.05, 0) is 24.5 Å². The summed E-state index contributed by atoms with van der Waals surface area (Å²) in [7, 11) is 0. The Morgan fingerprint density at radius 2 is 1.67 bits per heavy atom. The van der Waals surface area contributed by atoms with Crippen molar-refractivity contribution in [3.63, 3.8) is 0 Å². The molecule has 0 fully saturated rings. The molecule has 0 amide bonds. The zero-order valence-corrected chi connectivity index (χ0v) is 16.0. The van der Waals surface area contributed by atoms with Gasteiger partial charge in [0.25, 0.3) is 0 Å². The minimum atomic E-state index is -0.214. The number of halogens is 1. The molecular formula is C20H23IO3. The fraction of sp³-hybridized carbons (Fsp3) is 0.350. The van der Waals surface area contributed by atoms with Crippen LogP contribution in [-0.2, 0) is 20.9 Å². The monoisotopic (exact) mass is 438 g/mol. The lowest BCUT2D eigenvalue weighted by molar-refractivity contribution is -0.152. The van der Waals surface area contributed by atoms with Crippen molar-refractivity contribution in [2.75, 3.05) is 4.43 Å². The van der Waals surface area contributed by atoms with E-state index in [1.54, 1.807) is 0 Å². The van der Waals surface area contributed by atoms with Crippen LogP contribution in [0.5, 0.6) is 0 Å². The van der Waals surface area contributed by atoms with Crippen LogP contribution in [0.4, 0.5) is 0 Å². The SMILES string of the molecule is C[C@H](CC(=O)O[C@H](CCI)c1ccccc1)OCc1ccccc1. The molecule has 0 bridgehead atoms. The van der Waals surface area contributed by atoms with E-state index in [1.807, 2.05) is 67.6 Å². The summed E-state index contributed by atoms with van der Waals surface area (Å²) in [4.78, 5) is 12.2. The Bertz CT molecular complexity index is 601.